The monoisotopic (exact) mass is 519 g/mol. The van der Waals surface area contributed by atoms with Crippen LogP contribution < -0.4 is 10.1 Å². The van der Waals surface area contributed by atoms with E-state index in [2.05, 4.69) is 5.32 Å². The van der Waals surface area contributed by atoms with Crippen LogP contribution in [0, 0.1) is 19.7 Å². The fourth-order valence-electron chi connectivity index (χ4n) is 4.39. The van der Waals surface area contributed by atoms with Crippen LogP contribution in [0.2, 0.25) is 0 Å². The zero-order valence-corrected chi connectivity index (χ0v) is 21.7. The van der Waals surface area contributed by atoms with Crippen LogP contribution in [0.1, 0.15) is 28.4 Å². The highest BCUT2D eigenvalue weighted by Crippen LogP contribution is 2.41. The molecule has 39 heavy (non-hydrogen) atoms. The third-order valence-corrected chi connectivity index (χ3v) is 6.17. The number of nitrogens with one attached hydrogen (secondary N) is 1. The van der Waals surface area contributed by atoms with Gasteiger partial charge in [0.1, 0.15) is 11.5 Å². The normalized spacial score (nSPS) is 10.8. The number of hydrogen-bond donors (Lipinski definition) is 1. The van der Waals surface area contributed by atoms with E-state index in [0.717, 1.165) is 27.9 Å². The highest BCUT2D eigenvalue weighted by Gasteiger charge is 2.25. The SMILES string of the molecule is CC(=O)Oc1c(-c2ccc(NC(=O)c3ccccc3F)cc2)c(-c2cccc(C)c2)nn1-c1cccc(C)c1. The van der Waals surface area contributed by atoms with E-state index in [-0.39, 0.29) is 11.4 Å². The van der Waals surface area contributed by atoms with Crippen molar-refractivity contribution in [1.29, 1.82) is 0 Å². The van der Waals surface area contributed by atoms with Gasteiger partial charge < -0.3 is 10.1 Å². The number of anilines is 1. The topological polar surface area (TPSA) is 73.2 Å². The smallest absolute Gasteiger partial charge is 0.309 e. The van der Waals surface area contributed by atoms with Crippen LogP contribution in [0.25, 0.3) is 28.1 Å². The molecule has 0 fully saturated rings. The number of halogens is 1. The van der Waals surface area contributed by atoms with Gasteiger partial charge in [-0.15, -0.1) is 0 Å². The fourth-order valence-corrected chi connectivity index (χ4v) is 4.39. The Morgan fingerprint density at radius 1 is 0.821 bits per heavy atom. The first-order chi connectivity index (χ1) is 18.8. The summed E-state index contributed by atoms with van der Waals surface area (Å²) < 4.78 is 21.5. The first-order valence-corrected chi connectivity index (χ1v) is 12.4. The van der Waals surface area contributed by atoms with Gasteiger partial charge in [0.05, 0.1) is 16.8 Å². The highest BCUT2D eigenvalue weighted by molar-refractivity contribution is 6.04. The lowest BCUT2D eigenvalue weighted by atomic mass is 10.00. The fraction of sp³-hybridized carbons (Fsp3) is 0.0938. The number of benzene rings is 4. The van der Waals surface area contributed by atoms with Crippen molar-refractivity contribution in [3.63, 3.8) is 0 Å². The second kappa shape index (κ2) is 10.8. The van der Waals surface area contributed by atoms with Crippen molar-refractivity contribution in [2.45, 2.75) is 20.8 Å². The molecular formula is C32H26FN3O3. The molecule has 1 aromatic heterocycles. The molecule has 0 atom stereocenters. The molecule has 1 amide bonds. The molecule has 0 aliphatic carbocycles. The average Bonchev–Trinajstić information content (AvgIpc) is 3.28. The maximum Gasteiger partial charge on any atom is 0.309 e. The standard InChI is InChI=1S/C32H26FN3O3/c1-20-8-6-10-24(18-20)30-29(32(39-22(3)37)36(35-30)26-11-7-9-21(2)19-26)23-14-16-25(17-15-23)34-31(38)27-12-4-5-13-28(27)33/h4-19H,1-3H3,(H,34,38). The molecule has 1 N–H and O–H groups in total. The third-order valence-electron chi connectivity index (χ3n) is 6.17. The number of nitrogens with zero attached hydrogens (tertiary/aromatic N) is 2. The van der Waals surface area contributed by atoms with Gasteiger partial charge in [-0.2, -0.15) is 9.78 Å². The van der Waals surface area contributed by atoms with Crippen molar-refractivity contribution < 1.29 is 18.7 Å². The molecule has 6 nitrogen and oxygen atoms in total. The Hall–Kier alpha value is -5.04. The summed E-state index contributed by atoms with van der Waals surface area (Å²) in [6.07, 6.45) is 0. The summed E-state index contributed by atoms with van der Waals surface area (Å²) in [6, 6.07) is 28.6. The highest BCUT2D eigenvalue weighted by atomic mass is 19.1. The Balaban J connectivity index is 1.62. The second-order valence-electron chi connectivity index (χ2n) is 9.25. The molecule has 0 unspecified atom stereocenters. The molecule has 0 radical (unpaired) electrons. The van der Waals surface area contributed by atoms with Crippen LogP contribution >= 0.6 is 0 Å². The second-order valence-corrected chi connectivity index (χ2v) is 9.25. The Morgan fingerprint density at radius 2 is 1.51 bits per heavy atom. The molecule has 194 valence electrons. The van der Waals surface area contributed by atoms with Crippen LogP contribution in [-0.4, -0.2) is 21.7 Å². The number of rotatable bonds is 6. The summed E-state index contributed by atoms with van der Waals surface area (Å²) in [6.45, 7) is 5.33. The number of carbonyl (C=O) groups is 2. The van der Waals surface area contributed by atoms with Crippen molar-refractivity contribution >= 4 is 17.6 Å². The predicted molar refractivity (Wildman–Crippen MR) is 150 cm³/mol. The number of hydrogen-bond acceptors (Lipinski definition) is 4. The van der Waals surface area contributed by atoms with Crippen LogP contribution in [0.4, 0.5) is 10.1 Å². The largest absolute Gasteiger partial charge is 0.407 e. The van der Waals surface area contributed by atoms with Crippen molar-refractivity contribution in [2.24, 2.45) is 0 Å². The average molecular weight is 520 g/mol. The summed E-state index contributed by atoms with van der Waals surface area (Å²) in [4.78, 5) is 24.8. The summed E-state index contributed by atoms with van der Waals surface area (Å²) in [5.41, 5.74) is 6.15. The van der Waals surface area contributed by atoms with Gasteiger partial charge in [-0.25, -0.2) is 4.39 Å². The zero-order chi connectivity index (χ0) is 27.5. The first kappa shape index (κ1) is 25.6. The lowest BCUT2D eigenvalue weighted by Crippen LogP contribution is -2.13. The Labute approximate surface area is 225 Å². The van der Waals surface area contributed by atoms with Crippen LogP contribution in [-0.2, 0) is 4.79 Å². The van der Waals surface area contributed by atoms with Crippen molar-refractivity contribution in [3.05, 3.63) is 120 Å². The van der Waals surface area contributed by atoms with Gasteiger partial charge >= 0.3 is 5.97 Å². The van der Waals surface area contributed by atoms with Gasteiger partial charge in [-0.05, 0) is 67.4 Å². The molecule has 4 aromatic carbocycles. The van der Waals surface area contributed by atoms with E-state index in [0.29, 0.717) is 16.9 Å². The van der Waals surface area contributed by atoms with Gasteiger partial charge in [-0.3, -0.25) is 9.59 Å². The molecule has 5 aromatic rings. The molecule has 0 saturated carbocycles. The van der Waals surface area contributed by atoms with Gasteiger partial charge in [0.15, 0.2) is 0 Å². The van der Waals surface area contributed by atoms with Crippen molar-refractivity contribution in [3.8, 4) is 34.0 Å². The number of carbonyl (C=O) groups excluding carboxylic acids is 2. The van der Waals surface area contributed by atoms with E-state index < -0.39 is 17.7 Å². The van der Waals surface area contributed by atoms with Crippen LogP contribution in [0.5, 0.6) is 5.88 Å². The minimum Gasteiger partial charge on any atom is -0.407 e. The van der Waals surface area contributed by atoms with E-state index in [1.807, 2.05) is 62.4 Å². The zero-order valence-electron chi connectivity index (χ0n) is 21.7. The molecule has 0 spiro atoms. The molecule has 0 aliphatic rings. The summed E-state index contributed by atoms with van der Waals surface area (Å²) in [7, 11) is 0. The molecule has 0 aliphatic heterocycles. The lowest BCUT2D eigenvalue weighted by Gasteiger charge is -2.11. The van der Waals surface area contributed by atoms with Crippen LogP contribution in [0.15, 0.2) is 97.1 Å². The van der Waals surface area contributed by atoms with Gasteiger partial charge in [0, 0.05) is 18.2 Å². The molecule has 5 rings (SSSR count). The minimum atomic E-state index is -0.594. The van der Waals surface area contributed by atoms with Gasteiger partial charge in [0.25, 0.3) is 5.91 Å². The molecular weight excluding hydrogens is 493 g/mol. The van der Waals surface area contributed by atoms with Gasteiger partial charge in [-0.1, -0.05) is 60.2 Å². The van der Waals surface area contributed by atoms with E-state index in [1.54, 1.807) is 35.0 Å². The van der Waals surface area contributed by atoms with E-state index >= 15 is 0 Å². The summed E-state index contributed by atoms with van der Waals surface area (Å²) in [5.74, 6) is -1.33. The Bertz CT molecular complexity index is 1690. The van der Waals surface area contributed by atoms with Crippen LogP contribution in [0.3, 0.4) is 0 Å². The number of amides is 1. The quantitative estimate of drug-likeness (QED) is 0.242. The molecule has 0 bridgehead atoms. The number of aromatic nitrogens is 2. The molecule has 0 saturated heterocycles. The minimum absolute atomic E-state index is 0.0418. The number of esters is 1. The van der Waals surface area contributed by atoms with E-state index in [4.69, 9.17) is 9.84 Å². The Morgan fingerprint density at radius 3 is 2.18 bits per heavy atom. The van der Waals surface area contributed by atoms with E-state index in [1.165, 1.54) is 25.1 Å². The predicted octanol–water partition coefficient (Wildman–Crippen LogP) is 7.14. The molecule has 1 heterocycles. The lowest BCUT2D eigenvalue weighted by molar-refractivity contribution is -0.132. The number of aryl methyl sites for hydroxylation is 2. The van der Waals surface area contributed by atoms with E-state index in [9.17, 15) is 14.0 Å². The summed E-state index contributed by atoms with van der Waals surface area (Å²) >= 11 is 0. The Kier molecular flexibility index (Phi) is 7.06. The number of ether oxygens (including phenoxy) is 1. The first-order valence-electron chi connectivity index (χ1n) is 12.4. The maximum absolute atomic E-state index is 14.1. The van der Waals surface area contributed by atoms with Gasteiger partial charge in [0.2, 0.25) is 5.88 Å². The van der Waals surface area contributed by atoms with Crippen molar-refractivity contribution in [2.75, 3.05) is 5.32 Å². The summed E-state index contributed by atoms with van der Waals surface area (Å²) in [5, 5.41) is 7.64. The molecule has 7 heteroatoms. The van der Waals surface area contributed by atoms with Crippen molar-refractivity contribution in [1.82, 2.24) is 9.78 Å². The third kappa shape index (κ3) is 5.48. The maximum atomic E-state index is 14.1.